The second-order valence-corrected chi connectivity index (χ2v) is 5.58. The van der Waals surface area contributed by atoms with Crippen LogP contribution in [0, 0.1) is 5.41 Å². The Morgan fingerprint density at radius 2 is 1.95 bits per heavy atom. The lowest BCUT2D eigenvalue weighted by Gasteiger charge is -2.17. The summed E-state index contributed by atoms with van der Waals surface area (Å²) in [6.45, 7) is 5.15. The van der Waals surface area contributed by atoms with Gasteiger partial charge in [-0.05, 0) is 32.4 Å². The van der Waals surface area contributed by atoms with Crippen molar-refractivity contribution < 1.29 is 24.5 Å². The number of aliphatic carboxylic acids is 1. The molecule has 20 heavy (non-hydrogen) atoms. The van der Waals surface area contributed by atoms with E-state index in [0.717, 1.165) is 0 Å². The van der Waals surface area contributed by atoms with Crippen LogP contribution in [0.4, 0.5) is 0 Å². The second-order valence-electron chi connectivity index (χ2n) is 5.58. The zero-order chi connectivity index (χ0) is 15.5. The van der Waals surface area contributed by atoms with Gasteiger partial charge in [-0.3, -0.25) is 9.59 Å². The van der Waals surface area contributed by atoms with Crippen LogP contribution in [0.3, 0.4) is 0 Å². The second kappa shape index (κ2) is 5.92. The number of hydrogen-bond acceptors (Lipinski definition) is 5. The third-order valence-corrected chi connectivity index (χ3v) is 2.64. The van der Waals surface area contributed by atoms with E-state index in [1.54, 1.807) is 20.8 Å². The lowest BCUT2D eigenvalue weighted by molar-refractivity contribution is -0.143. The van der Waals surface area contributed by atoms with E-state index in [0.29, 0.717) is 5.56 Å². The lowest BCUT2D eigenvalue weighted by atomic mass is 9.97. The number of benzene rings is 1. The van der Waals surface area contributed by atoms with Gasteiger partial charge in [-0.2, -0.15) is 0 Å². The highest BCUT2D eigenvalue weighted by atomic mass is 16.5. The number of nitrogens with two attached hydrogens (primary N) is 1. The number of phenols is 1. The van der Waals surface area contributed by atoms with Gasteiger partial charge in [0.25, 0.3) is 0 Å². The largest absolute Gasteiger partial charge is 0.508 e. The van der Waals surface area contributed by atoms with E-state index in [4.69, 9.17) is 15.6 Å². The zero-order valence-corrected chi connectivity index (χ0v) is 11.7. The Kier molecular flexibility index (Phi) is 4.73. The number of carbonyl (C=O) groups is 2. The van der Waals surface area contributed by atoms with Gasteiger partial charge in [-0.25, -0.2) is 0 Å². The fourth-order valence-electron chi connectivity index (χ4n) is 1.36. The van der Waals surface area contributed by atoms with Crippen molar-refractivity contribution in [1.82, 2.24) is 0 Å². The standard InChI is InChI=1S/C14H19NO5/c1-14(2,3)13(19)20-9-5-4-8(11(16)7-9)6-10(15)12(17)18/h4-5,7,10,16H,6,15H2,1-3H3,(H,17,18)/t10-/m0/s1. The number of rotatable bonds is 4. The maximum absolute atomic E-state index is 11.7. The molecule has 110 valence electrons. The number of ether oxygens (including phenoxy) is 1. The van der Waals surface area contributed by atoms with Gasteiger partial charge in [0.1, 0.15) is 17.5 Å². The smallest absolute Gasteiger partial charge is 0.320 e. The summed E-state index contributed by atoms with van der Waals surface area (Å²) >= 11 is 0. The molecular weight excluding hydrogens is 262 g/mol. The number of phenolic OH excluding ortho intramolecular Hbond substituents is 1. The number of hydrogen-bond donors (Lipinski definition) is 3. The summed E-state index contributed by atoms with van der Waals surface area (Å²) in [5, 5.41) is 18.5. The highest BCUT2D eigenvalue weighted by Crippen LogP contribution is 2.26. The zero-order valence-electron chi connectivity index (χ0n) is 11.7. The van der Waals surface area contributed by atoms with Crippen molar-refractivity contribution in [3.05, 3.63) is 23.8 Å². The minimum Gasteiger partial charge on any atom is -0.508 e. The van der Waals surface area contributed by atoms with Gasteiger partial charge in [0.15, 0.2) is 0 Å². The molecule has 0 saturated heterocycles. The third-order valence-electron chi connectivity index (χ3n) is 2.64. The van der Waals surface area contributed by atoms with Crippen molar-refractivity contribution in [2.24, 2.45) is 11.1 Å². The molecule has 6 nitrogen and oxygen atoms in total. The van der Waals surface area contributed by atoms with E-state index < -0.39 is 23.4 Å². The molecule has 0 bridgehead atoms. The van der Waals surface area contributed by atoms with Gasteiger partial charge >= 0.3 is 11.9 Å². The Balaban J connectivity index is 2.83. The predicted octanol–water partition coefficient (Wildman–Crippen LogP) is 1.30. The van der Waals surface area contributed by atoms with Crippen LogP contribution in [0.5, 0.6) is 11.5 Å². The molecule has 0 unspecified atom stereocenters. The normalized spacial score (nSPS) is 12.8. The van der Waals surface area contributed by atoms with Crippen molar-refractivity contribution in [3.8, 4) is 11.5 Å². The highest BCUT2D eigenvalue weighted by molar-refractivity contribution is 5.78. The van der Waals surface area contributed by atoms with Crippen molar-refractivity contribution in [2.45, 2.75) is 33.2 Å². The molecule has 0 aliphatic carbocycles. The fourth-order valence-corrected chi connectivity index (χ4v) is 1.36. The first-order valence-electron chi connectivity index (χ1n) is 6.14. The number of aromatic hydroxyl groups is 1. The molecule has 0 heterocycles. The predicted molar refractivity (Wildman–Crippen MR) is 72.5 cm³/mol. The molecule has 0 amide bonds. The quantitative estimate of drug-likeness (QED) is 0.567. The van der Waals surface area contributed by atoms with Gasteiger partial charge in [-0.1, -0.05) is 6.07 Å². The topological polar surface area (TPSA) is 110 Å². The van der Waals surface area contributed by atoms with Gasteiger partial charge in [0.2, 0.25) is 0 Å². The van der Waals surface area contributed by atoms with Crippen molar-refractivity contribution in [3.63, 3.8) is 0 Å². The van der Waals surface area contributed by atoms with Gasteiger partial charge in [0, 0.05) is 12.5 Å². The van der Waals surface area contributed by atoms with Crippen LogP contribution in [0.2, 0.25) is 0 Å². The Hall–Kier alpha value is -2.08. The number of esters is 1. The summed E-state index contributed by atoms with van der Waals surface area (Å²) < 4.78 is 5.12. The van der Waals surface area contributed by atoms with Gasteiger partial charge < -0.3 is 20.7 Å². The number of carboxylic acids is 1. The van der Waals surface area contributed by atoms with Crippen LogP contribution < -0.4 is 10.5 Å². The summed E-state index contributed by atoms with van der Waals surface area (Å²) in [5.41, 5.74) is 5.13. The van der Waals surface area contributed by atoms with Crippen LogP contribution in [-0.4, -0.2) is 28.2 Å². The summed E-state index contributed by atoms with van der Waals surface area (Å²) in [6.07, 6.45) is -0.00529. The van der Waals surface area contributed by atoms with E-state index in [1.165, 1.54) is 18.2 Å². The number of carbonyl (C=O) groups excluding carboxylic acids is 1. The fraction of sp³-hybridized carbons (Fsp3) is 0.429. The summed E-state index contributed by atoms with van der Waals surface area (Å²) in [7, 11) is 0. The first kappa shape index (κ1) is 16.0. The molecular formula is C14H19NO5. The molecule has 6 heteroatoms. The lowest BCUT2D eigenvalue weighted by Crippen LogP contribution is -2.32. The maximum Gasteiger partial charge on any atom is 0.320 e. The summed E-state index contributed by atoms with van der Waals surface area (Å²) in [6, 6.07) is 3.16. The van der Waals surface area contributed by atoms with E-state index in [-0.39, 0.29) is 17.9 Å². The van der Waals surface area contributed by atoms with Crippen molar-refractivity contribution in [1.29, 1.82) is 0 Å². The van der Waals surface area contributed by atoms with Crippen LogP contribution in [0.1, 0.15) is 26.3 Å². The van der Waals surface area contributed by atoms with Crippen molar-refractivity contribution in [2.75, 3.05) is 0 Å². The average molecular weight is 281 g/mol. The average Bonchev–Trinajstić information content (AvgIpc) is 2.31. The Morgan fingerprint density at radius 1 is 1.35 bits per heavy atom. The Morgan fingerprint density at radius 3 is 2.40 bits per heavy atom. The minimum absolute atomic E-state index is 0.00529. The molecule has 1 atom stereocenters. The maximum atomic E-state index is 11.7. The molecule has 0 aromatic heterocycles. The summed E-state index contributed by atoms with van der Waals surface area (Å²) in [5.74, 6) is -1.52. The molecule has 0 aliphatic heterocycles. The van der Waals surface area contributed by atoms with E-state index in [2.05, 4.69) is 0 Å². The molecule has 0 radical (unpaired) electrons. The molecule has 1 rings (SSSR count). The van der Waals surface area contributed by atoms with Gasteiger partial charge in [-0.15, -0.1) is 0 Å². The SMILES string of the molecule is CC(C)(C)C(=O)Oc1ccc(C[C@H](N)C(=O)O)c(O)c1. The van der Waals surface area contributed by atoms with Crippen LogP contribution >= 0.6 is 0 Å². The van der Waals surface area contributed by atoms with Crippen molar-refractivity contribution >= 4 is 11.9 Å². The third kappa shape index (κ3) is 4.24. The molecule has 4 N–H and O–H groups in total. The Labute approximate surface area is 117 Å². The van der Waals surface area contributed by atoms with E-state index in [1.807, 2.05) is 0 Å². The molecule has 0 aliphatic rings. The van der Waals surface area contributed by atoms with Crippen LogP contribution in [0.15, 0.2) is 18.2 Å². The minimum atomic E-state index is -1.15. The van der Waals surface area contributed by atoms with Crippen LogP contribution in [-0.2, 0) is 16.0 Å². The molecule has 0 fully saturated rings. The highest BCUT2D eigenvalue weighted by Gasteiger charge is 2.24. The molecule has 1 aromatic carbocycles. The monoisotopic (exact) mass is 281 g/mol. The van der Waals surface area contributed by atoms with E-state index >= 15 is 0 Å². The molecule has 1 aromatic rings. The first-order chi connectivity index (χ1) is 9.11. The first-order valence-corrected chi connectivity index (χ1v) is 6.14. The Bertz CT molecular complexity index is 519. The van der Waals surface area contributed by atoms with Crippen LogP contribution in [0.25, 0.3) is 0 Å². The number of carboxylic acid groups (broad SMARTS) is 1. The van der Waals surface area contributed by atoms with E-state index in [9.17, 15) is 14.7 Å². The molecule has 0 saturated carbocycles. The summed E-state index contributed by atoms with van der Waals surface area (Å²) in [4.78, 5) is 22.4. The van der Waals surface area contributed by atoms with Gasteiger partial charge in [0.05, 0.1) is 5.41 Å². The molecule has 0 spiro atoms.